The van der Waals surface area contributed by atoms with E-state index in [2.05, 4.69) is 48.3 Å². The standard InChI is InChI=1S/C18H36N4O2.HI/c1-18(2,3)16-14(7-6-9-24-16)11-20-17(19-4)21-12-15-13-22(5)8-10-23-15;/h14-16H,6-13H2,1-5H3,(H2,19,20,21);1H. The second-order valence-corrected chi connectivity index (χ2v) is 8.15. The fourth-order valence-electron chi connectivity index (χ4n) is 3.66. The van der Waals surface area contributed by atoms with E-state index in [-0.39, 0.29) is 35.5 Å². The normalized spacial score (nSPS) is 29.0. The van der Waals surface area contributed by atoms with Crippen LogP contribution in [-0.4, -0.2) is 76.6 Å². The van der Waals surface area contributed by atoms with E-state index in [1.807, 2.05) is 7.05 Å². The number of nitrogens with one attached hydrogen (secondary N) is 2. The molecule has 0 spiro atoms. The molecule has 0 aromatic rings. The minimum atomic E-state index is 0. The zero-order valence-corrected chi connectivity index (χ0v) is 18.8. The Hall–Kier alpha value is -0.120. The summed E-state index contributed by atoms with van der Waals surface area (Å²) in [4.78, 5) is 6.65. The first-order chi connectivity index (χ1) is 11.4. The third kappa shape index (κ3) is 7.56. The summed E-state index contributed by atoms with van der Waals surface area (Å²) in [6.45, 7) is 12.1. The Morgan fingerprint density at radius 3 is 2.52 bits per heavy atom. The number of rotatable bonds is 4. The van der Waals surface area contributed by atoms with Crippen molar-refractivity contribution in [2.45, 2.75) is 45.8 Å². The van der Waals surface area contributed by atoms with E-state index in [0.29, 0.717) is 12.0 Å². The van der Waals surface area contributed by atoms with Crippen molar-refractivity contribution < 1.29 is 9.47 Å². The first-order valence-electron chi connectivity index (χ1n) is 9.26. The zero-order chi connectivity index (χ0) is 17.6. The summed E-state index contributed by atoms with van der Waals surface area (Å²) in [5, 5.41) is 6.88. The van der Waals surface area contributed by atoms with Crippen molar-refractivity contribution >= 4 is 29.9 Å². The van der Waals surface area contributed by atoms with Crippen LogP contribution >= 0.6 is 24.0 Å². The molecule has 0 aliphatic carbocycles. The Kier molecular flexibility index (Phi) is 9.98. The Labute approximate surface area is 170 Å². The van der Waals surface area contributed by atoms with Gasteiger partial charge in [0.2, 0.25) is 0 Å². The Balaban J connectivity index is 0.00000312. The minimum Gasteiger partial charge on any atom is -0.377 e. The molecule has 2 N–H and O–H groups in total. The highest BCUT2D eigenvalue weighted by molar-refractivity contribution is 14.0. The van der Waals surface area contributed by atoms with E-state index >= 15 is 0 Å². The van der Waals surface area contributed by atoms with Crippen molar-refractivity contribution in [3.63, 3.8) is 0 Å². The molecule has 7 heteroatoms. The molecule has 0 amide bonds. The monoisotopic (exact) mass is 468 g/mol. The first kappa shape index (κ1) is 22.9. The van der Waals surface area contributed by atoms with Crippen LogP contribution in [0.5, 0.6) is 0 Å². The van der Waals surface area contributed by atoms with Crippen molar-refractivity contribution in [3.05, 3.63) is 0 Å². The van der Waals surface area contributed by atoms with Gasteiger partial charge in [0.1, 0.15) is 0 Å². The van der Waals surface area contributed by atoms with Gasteiger partial charge in [-0.2, -0.15) is 0 Å². The number of halogens is 1. The fourth-order valence-corrected chi connectivity index (χ4v) is 3.66. The van der Waals surface area contributed by atoms with E-state index in [4.69, 9.17) is 9.47 Å². The molecule has 3 atom stereocenters. The summed E-state index contributed by atoms with van der Waals surface area (Å²) in [7, 11) is 3.96. The van der Waals surface area contributed by atoms with Gasteiger partial charge in [-0.05, 0) is 25.3 Å². The topological polar surface area (TPSA) is 58.1 Å². The number of nitrogens with zero attached hydrogens (tertiary/aromatic N) is 2. The Morgan fingerprint density at radius 1 is 1.16 bits per heavy atom. The summed E-state index contributed by atoms with van der Waals surface area (Å²) < 4.78 is 11.9. The van der Waals surface area contributed by atoms with Gasteiger partial charge in [0.05, 0.1) is 18.8 Å². The number of aliphatic imine (C=N–C) groups is 1. The quantitative estimate of drug-likeness (QED) is 0.375. The van der Waals surface area contributed by atoms with Gasteiger partial charge < -0.3 is 25.0 Å². The third-order valence-electron chi connectivity index (χ3n) is 4.89. The van der Waals surface area contributed by atoms with Gasteiger partial charge in [-0.25, -0.2) is 0 Å². The van der Waals surface area contributed by atoms with Crippen molar-refractivity contribution in [1.82, 2.24) is 15.5 Å². The van der Waals surface area contributed by atoms with Crippen LogP contribution in [-0.2, 0) is 9.47 Å². The van der Waals surface area contributed by atoms with Crippen molar-refractivity contribution in [3.8, 4) is 0 Å². The number of likely N-dealkylation sites (N-methyl/N-ethyl adjacent to an activating group) is 1. The first-order valence-corrected chi connectivity index (χ1v) is 9.26. The molecular formula is C18H37IN4O2. The summed E-state index contributed by atoms with van der Waals surface area (Å²) in [6, 6.07) is 0. The van der Waals surface area contributed by atoms with Crippen LogP contribution in [0.1, 0.15) is 33.6 Å². The molecule has 0 bridgehead atoms. The predicted molar refractivity (Wildman–Crippen MR) is 114 cm³/mol. The highest BCUT2D eigenvalue weighted by Crippen LogP contribution is 2.33. The molecule has 6 nitrogen and oxygen atoms in total. The number of ether oxygens (including phenoxy) is 2. The van der Waals surface area contributed by atoms with E-state index in [1.54, 1.807) is 0 Å². The molecule has 0 radical (unpaired) electrons. The van der Waals surface area contributed by atoms with Gasteiger partial charge >= 0.3 is 0 Å². The van der Waals surface area contributed by atoms with E-state index in [0.717, 1.165) is 51.8 Å². The Bertz CT molecular complexity index is 414. The number of morpholine rings is 1. The third-order valence-corrected chi connectivity index (χ3v) is 4.89. The smallest absolute Gasteiger partial charge is 0.191 e. The molecule has 0 aromatic heterocycles. The molecule has 25 heavy (non-hydrogen) atoms. The molecule has 2 heterocycles. The average molecular weight is 468 g/mol. The van der Waals surface area contributed by atoms with Crippen LogP contribution in [0.4, 0.5) is 0 Å². The summed E-state index contributed by atoms with van der Waals surface area (Å²) in [5.41, 5.74) is 0.171. The predicted octanol–water partition coefficient (Wildman–Crippen LogP) is 1.94. The molecule has 2 fully saturated rings. The lowest BCUT2D eigenvalue weighted by atomic mass is 9.78. The summed E-state index contributed by atoms with van der Waals surface area (Å²) >= 11 is 0. The van der Waals surface area contributed by atoms with Gasteiger partial charge in [-0.1, -0.05) is 20.8 Å². The molecule has 148 valence electrons. The van der Waals surface area contributed by atoms with E-state index in [1.165, 1.54) is 6.42 Å². The van der Waals surface area contributed by atoms with Gasteiger partial charge in [0.25, 0.3) is 0 Å². The lowest BCUT2D eigenvalue weighted by molar-refractivity contribution is -0.0835. The maximum atomic E-state index is 6.06. The van der Waals surface area contributed by atoms with Crippen LogP contribution in [0.15, 0.2) is 4.99 Å². The SMILES string of the molecule is CN=C(NCC1CN(C)CCO1)NCC1CCCOC1C(C)(C)C.I. The minimum absolute atomic E-state index is 0. The molecule has 2 rings (SSSR count). The van der Waals surface area contributed by atoms with Crippen molar-refractivity contribution in [1.29, 1.82) is 0 Å². The van der Waals surface area contributed by atoms with Crippen LogP contribution in [0.3, 0.4) is 0 Å². The van der Waals surface area contributed by atoms with Gasteiger partial charge in [0, 0.05) is 45.8 Å². The number of hydrogen-bond acceptors (Lipinski definition) is 4. The second kappa shape index (κ2) is 10.9. The maximum Gasteiger partial charge on any atom is 0.191 e. The molecule has 0 aromatic carbocycles. The molecule has 2 aliphatic heterocycles. The summed E-state index contributed by atoms with van der Waals surface area (Å²) in [5.74, 6) is 1.37. The molecular weight excluding hydrogens is 431 g/mol. The zero-order valence-electron chi connectivity index (χ0n) is 16.5. The summed E-state index contributed by atoms with van der Waals surface area (Å²) in [6.07, 6.45) is 2.88. The number of guanidine groups is 1. The lowest BCUT2D eigenvalue weighted by Crippen LogP contribution is -2.50. The van der Waals surface area contributed by atoms with Crippen LogP contribution in [0.25, 0.3) is 0 Å². The molecule has 2 saturated heterocycles. The molecule has 2 aliphatic rings. The largest absolute Gasteiger partial charge is 0.377 e. The van der Waals surface area contributed by atoms with Crippen LogP contribution in [0, 0.1) is 11.3 Å². The second-order valence-electron chi connectivity index (χ2n) is 8.15. The highest BCUT2D eigenvalue weighted by atomic mass is 127. The van der Waals surface area contributed by atoms with Crippen molar-refractivity contribution in [2.24, 2.45) is 16.3 Å². The lowest BCUT2D eigenvalue weighted by Gasteiger charge is -2.40. The molecule has 0 saturated carbocycles. The number of hydrogen-bond donors (Lipinski definition) is 2. The maximum absolute atomic E-state index is 6.06. The fraction of sp³-hybridized carbons (Fsp3) is 0.944. The van der Waals surface area contributed by atoms with E-state index in [9.17, 15) is 0 Å². The van der Waals surface area contributed by atoms with Crippen LogP contribution < -0.4 is 10.6 Å². The van der Waals surface area contributed by atoms with Crippen molar-refractivity contribution in [2.75, 3.05) is 53.5 Å². The van der Waals surface area contributed by atoms with Gasteiger partial charge in [-0.15, -0.1) is 24.0 Å². The van der Waals surface area contributed by atoms with Gasteiger partial charge in [0.15, 0.2) is 5.96 Å². The van der Waals surface area contributed by atoms with Gasteiger partial charge in [-0.3, -0.25) is 4.99 Å². The highest BCUT2D eigenvalue weighted by Gasteiger charge is 2.35. The van der Waals surface area contributed by atoms with E-state index < -0.39 is 0 Å². The van der Waals surface area contributed by atoms with Crippen LogP contribution in [0.2, 0.25) is 0 Å². The Morgan fingerprint density at radius 2 is 1.88 bits per heavy atom. The average Bonchev–Trinajstić information content (AvgIpc) is 2.54. The molecule has 3 unspecified atom stereocenters.